The van der Waals surface area contributed by atoms with Crippen molar-refractivity contribution in [1.82, 2.24) is 24.3 Å². The number of carbonyl (C=O) groups excluding carboxylic acids is 1. The molecule has 1 saturated heterocycles. The molecular weight excluding hydrogens is 382 g/mol. The fourth-order valence-corrected chi connectivity index (χ4v) is 4.95. The van der Waals surface area contributed by atoms with Crippen LogP contribution in [0, 0.1) is 6.92 Å². The van der Waals surface area contributed by atoms with Gasteiger partial charge < -0.3 is 14.2 Å². The van der Waals surface area contributed by atoms with Crippen molar-refractivity contribution in [2.45, 2.75) is 25.2 Å². The van der Waals surface area contributed by atoms with Gasteiger partial charge in [0.05, 0.1) is 11.8 Å². The molecule has 28 heavy (non-hydrogen) atoms. The summed E-state index contributed by atoms with van der Waals surface area (Å²) in [5.74, 6) is 0.335. The molecule has 0 atom stereocenters. The lowest BCUT2D eigenvalue weighted by Gasteiger charge is -2.33. The highest BCUT2D eigenvalue weighted by Crippen LogP contribution is 2.31. The van der Waals surface area contributed by atoms with Crippen LogP contribution in [-0.2, 0) is 10.0 Å². The molecule has 0 radical (unpaired) electrons. The first-order chi connectivity index (χ1) is 13.3. The van der Waals surface area contributed by atoms with Crippen molar-refractivity contribution in [2.24, 2.45) is 0 Å². The molecule has 10 heteroatoms. The molecule has 0 aliphatic carbocycles. The summed E-state index contributed by atoms with van der Waals surface area (Å²) in [5, 5.41) is 6.66. The summed E-state index contributed by atoms with van der Waals surface area (Å²) in [6, 6.07) is 1.48. The SMILES string of the molecule is CCCN1CCN(S(=O)(=O)c2cc(-c3[nH]ncc3C(=O)N(C)C)oc2C)CC1. The highest BCUT2D eigenvalue weighted by Gasteiger charge is 2.32. The van der Waals surface area contributed by atoms with E-state index >= 15 is 0 Å². The van der Waals surface area contributed by atoms with Crippen molar-refractivity contribution in [1.29, 1.82) is 0 Å². The Kier molecular flexibility index (Phi) is 5.92. The molecule has 0 bridgehead atoms. The monoisotopic (exact) mass is 409 g/mol. The summed E-state index contributed by atoms with van der Waals surface area (Å²) in [7, 11) is -0.389. The van der Waals surface area contributed by atoms with Crippen LogP contribution in [-0.4, -0.2) is 85.4 Å². The normalized spacial score (nSPS) is 16.4. The smallest absolute Gasteiger partial charge is 0.257 e. The predicted octanol–water partition coefficient (Wildman–Crippen LogP) is 1.40. The second kappa shape index (κ2) is 8.06. The number of aromatic nitrogens is 2. The maximum Gasteiger partial charge on any atom is 0.257 e. The van der Waals surface area contributed by atoms with E-state index in [0.717, 1.165) is 26.1 Å². The number of rotatable bonds is 6. The Balaban J connectivity index is 1.87. The third kappa shape index (κ3) is 3.85. The Labute approximate surface area is 165 Å². The second-order valence-electron chi connectivity index (χ2n) is 7.14. The van der Waals surface area contributed by atoms with Crippen molar-refractivity contribution >= 4 is 15.9 Å². The molecule has 1 aliphatic rings. The molecule has 1 fully saturated rings. The summed E-state index contributed by atoms with van der Waals surface area (Å²) in [5.41, 5.74) is 0.701. The quantitative estimate of drug-likeness (QED) is 0.774. The number of carbonyl (C=O) groups is 1. The van der Waals surface area contributed by atoms with Crippen LogP contribution >= 0.6 is 0 Å². The zero-order valence-electron chi connectivity index (χ0n) is 16.7. The Bertz CT molecular complexity index is 939. The third-order valence-corrected chi connectivity index (χ3v) is 6.89. The molecule has 3 heterocycles. The van der Waals surface area contributed by atoms with Gasteiger partial charge in [-0.1, -0.05) is 6.92 Å². The molecule has 0 unspecified atom stereocenters. The molecule has 0 saturated carbocycles. The van der Waals surface area contributed by atoms with Crippen LogP contribution in [0.15, 0.2) is 21.6 Å². The third-order valence-electron chi connectivity index (χ3n) is 4.88. The van der Waals surface area contributed by atoms with Crippen molar-refractivity contribution < 1.29 is 17.6 Å². The average Bonchev–Trinajstić information content (AvgIpc) is 3.28. The Morgan fingerprint density at radius 2 is 1.96 bits per heavy atom. The highest BCUT2D eigenvalue weighted by atomic mass is 32.2. The van der Waals surface area contributed by atoms with E-state index in [1.165, 1.54) is 21.5 Å². The van der Waals surface area contributed by atoms with Gasteiger partial charge in [0.15, 0.2) is 5.76 Å². The van der Waals surface area contributed by atoms with Crippen LogP contribution < -0.4 is 0 Å². The minimum atomic E-state index is -3.67. The van der Waals surface area contributed by atoms with Gasteiger partial charge in [0.2, 0.25) is 10.0 Å². The summed E-state index contributed by atoms with van der Waals surface area (Å²) in [4.78, 5) is 16.1. The van der Waals surface area contributed by atoms with Crippen LogP contribution in [0.5, 0.6) is 0 Å². The topological polar surface area (TPSA) is 103 Å². The zero-order chi connectivity index (χ0) is 20.5. The standard InChI is InChI=1S/C18H27N5O4S/c1-5-6-22-7-9-23(10-8-22)28(25,26)16-11-15(27-13(16)2)17-14(12-19-20-17)18(24)21(3)4/h11-12H,5-10H2,1-4H3,(H,19,20). The van der Waals surface area contributed by atoms with Crippen molar-refractivity contribution in [2.75, 3.05) is 46.8 Å². The van der Waals surface area contributed by atoms with Crippen LogP contribution in [0.3, 0.4) is 0 Å². The number of H-pyrrole nitrogens is 1. The molecule has 2 aromatic heterocycles. The van der Waals surface area contributed by atoms with Crippen molar-refractivity contribution in [3.05, 3.63) is 23.6 Å². The van der Waals surface area contributed by atoms with Gasteiger partial charge in [-0.2, -0.15) is 9.40 Å². The van der Waals surface area contributed by atoms with E-state index in [-0.39, 0.29) is 16.6 Å². The lowest BCUT2D eigenvalue weighted by Crippen LogP contribution is -2.48. The van der Waals surface area contributed by atoms with Gasteiger partial charge in [0.1, 0.15) is 16.3 Å². The van der Waals surface area contributed by atoms with E-state index in [1.807, 2.05) is 0 Å². The van der Waals surface area contributed by atoms with Gasteiger partial charge in [-0.25, -0.2) is 8.42 Å². The highest BCUT2D eigenvalue weighted by molar-refractivity contribution is 7.89. The first-order valence-corrected chi connectivity index (χ1v) is 10.8. The number of aromatic amines is 1. The van der Waals surface area contributed by atoms with Crippen LogP contribution in [0.2, 0.25) is 0 Å². The molecule has 154 valence electrons. The van der Waals surface area contributed by atoms with Crippen LogP contribution in [0.4, 0.5) is 0 Å². The van der Waals surface area contributed by atoms with E-state index < -0.39 is 10.0 Å². The number of hydrogen-bond acceptors (Lipinski definition) is 6. The molecule has 1 amide bonds. The van der Waals surface area contributed by atoms with Gasteiger partial charge in [0, 0.05) is 46.3 Å². The lowest BCUT2D eigenvalue weighted by atomic mass is 10.2. The van der Waals surface area contributed by atoms with Gasteiger partial charge >= 0.3 is 0 Å². The number of hydrogen-bond donors (Lipinski definition) is 1. The molecule has 1 N–H and O–H groups in total. The number of nitrogens with one attached hydrogen (secondary N) is 1. The number of piperazine rings is 1. The minimum Gasteiger partial charge on any atom is -0.458 e. The number of nitrogens with zero attached hydrogens (tertiary/aromatic N) is 4. The maximum atomic E-state index is 13.1. The van der Waals surface area contributed by atoms with E-state index in [4.69, 9.17) is 4.42 Å². The summed E-state index contributed by atoms with van der Waals surface area (Å²) >= 11 is 0. The Morgan fingerprint density at radius 1 is 1.29 bits per heavy atom. The number of sulfonamides is 1. The molecule has 0 aromatic carbocycles. The zero-order valence-corrected chi connectivity index (χ0v) is 17.5. The van der Waals surface area contributed by atoms with Crippen molar-refractivity contribution in [3.63, 3.8) is 0 Å². The summed E-state index contributed by atoms with van der Waals surface area (Å²) in [6.45, 7) is 7.06. The van der Waals surface area contributed by atoms with Crippen LogP contribution in [0.25, 0.3) is 11.5 Å². The molecule has 3 rings (SSSR count). The summed E-state index contributed by atoms with van der Waals surface area (Å²) in [6.07, 6.45) is 2.46. The number of amides is 1. The van der Waals surface area contributed by atoms with Crippen molar-refractivity contribution in [3.8, 4) is 11.5 Å². The van der Waals surface area contributed by atoms with E-state index in [9.17, 15) is 13.2 Å². The molecule has 1 aliphatic heterocycles. The summed E-state index contributed by atoms with van der Waals surface area (Å²) < 4.78 is 33.5. The fourth-order valence-electron chi connectivity index (χ4n) is 3.37. The Morgan fingerprint density at radius 3 is 2.57 bits per heavy atom. The predicted molar refractivity (Wildman–Crippen MR) is 105 cm³/mol. The first-order valence-electron chi connectivity index (χ1n) is 9.34. The molecule has 0 spiro atoms. The largest absolute Gasteiger partial charge is 0.458 e. The van der Waals surface area contributed by atoms with Gasteiger partial charge in [-0.3, -0.25) is 9.89 Å². The molecular formula is C18H27N5O4S. The average molecular weight is 410 g/mol. The minimum absolute atomic E-state index is 0.129. The first kappa shape index (κ1) is 20.6. The van der Waals surface area contributed by atoms with E-state index in [2.05, 4.69) is 22.0 Å². The fraction of sp³-hybridized carbons (Fsp3) is 0.556. The van der Waals surface area contributed by atoms with Gasteiger partial charge in [-0.05, 0) is 19.9 Å². The lowest BCUT2D eigenvalue weighted by molar-refractivity contribution is 0.0828. The number of aryl methyl sites for hydroxylation is 1. The molecule has 2 aromatic rings. The van der Waals surface area contributed by atoms with E-state index in [1.54, 1.807) is 21.0 Å². The molecule has 9 nitrogen and oxygen atoms in total. The second-order valence-corrected chi connectivity index (χ2v) is 9.04. The van der Waals surface area contributed by atoms with Gasteiger partial charge in [-0.15, -0.1) is 0 Å². The van der Waals surface area contributed by atoms with E-state index in [0.29, 0.717) is 30.1 Å². The maximum absolute atomic E-state index is 13.1. The number of furan rings is 1. The van der Waals surface area contributed by atoms with Crippen LogP contribution in [0.1, 0.15) is 29.5 Å². The van der Waals surface area contributed by atoms with Gasteiger partial charge in [0.25, 0.3) is 5.91 Å². The Hall–Kier alpha value is -2.17.